The topological polar surface area (TPSA) is 105 Å². The van der Waals surface area contributed by atoms with E-state index in [2.05, 4.69) is 35.9 Å². The minimum atomic E-state index is -0.209. The Labute approximate surface area is 214 Å². The largest absolute Gasteiger partial charge is 0.340 e. The highest BCUT2D eigenvalue weighted by Gasteiger charge is 2.09. The summed E-state index contributed by atoms with van der Waals surface area (Å²) in [7, 11) is 0. The van der Waals surface area contributed by atoms with Crippen molar-refractivity contribution in [3.63, 3.8) is 0 Å². The van der Waals surface area contributed by atoms with Crippen molar-refractivity contribution in [1.29, 1.82) is 0 Å². The number of nitrogens with zero attached hydrogens (tertiary/aromatic N) is 4. The van der Waals surface area contributed by atoms with Crippen LogP contribution in [0.5, 0.6) is 0 Å². The molecule has 3 N–H and O–H groups in total. The molecule has 0 aliphatic heterocycles. The van der Waals surface area contributed by atoms with E-state index in [9.17, 15) is 4.79 Å². The Balaban J connectivity index is 1.26. The van der Waals surface area contributed by atoms with E-state index in [1.807, 2.05) is 92.7 Å². The standard InChI is InChI=1S/C29H25N7O/c1-19-15-27(31-18-30-19)34-23-11-13-24(14-12-23)36-29(37)22-9-6-10-25(16-22)35-28-17-26(32-20(2)33-28)21-7-4-3-5-8-21/h3-18H,1-2H3,(H,36,37)(H,30,31,34)(H,32,33,35). The molecule has 0 saturated carbocycles. The van der Waals surface area contributed by atoms with Crippen LogP contribution in [0.4, 0.5) is 28.7 Å². The quantitative estimate of drug-likeness (QED) is 0.248. The third-order valence-corrected chi connectivity index (χ3v) is 5.52. The number of carbonyl (C=O) groups excluding carboxylic acids is 1. The summed E-state index contributed by atoms with van der Waals surface area (Å²) in [5.41, 5.74) is 5.55. The van der Waals surface area contributed by atoms with Crippen molar-refractivity contribution in [2.45, 2.75) is 13.8 Å². The van der Waals surface area contributed by atoms with Crippen molar-refractivity contribution in [3.05, 3.63) is 114 Å². The molecule has 5 rings (SSSR count). The van der Waals surface area contributed by atoms with E-state index in [1.165, 1.54) is 6.33 Å². The highest BCUT2D eigenvalue weighted by molar-refractivity contribution is 6.05. The molecule has 0 unspecified atom stereocenters. The van der Waals surface area contributed by atoms with Gasteiger partial charge in [0.15, 0.2) is 0 Å². The predicted molar refractivity (Wildman–Crippen MR) is 146 cm³/mol. The Morgan fingerprint density at radius 3 is 2.22 bits per heavy atom. The molecule has 182 valence electrons. The number of carbonyl (C=O) groups is 1. The molecule has 0 atom stereocenters. The van der Waals surface area contributed by atoms with Crippen LogP contribution in [0.3, 0.4) is 0 Å². The Kier molecular flexibility index (Phi) is 6.80. The molecule has 2 aromatic heterocycles. The van der Waals surface area contributed by atoms with Gasteiger partial charge < -0.3 is 16.0 Å². The van der Waals surface area contributed by atoms with Gasteiger partial charge in [-0.15, -0.1) is 0 Å². The second-order valence-corrected chi connectivity index (χ2v) is 8.46. The molecule has 0 fully saturated rings. The average Bonchev–Trinajstić information content (AvgIpc) is 2.90. The van der Waals surface area contributed by atoms with Gasteiger partial charge >= 0.3 is 0 Å². The van der Waals surface area contributed by atoms with E-state index in [-0.39, 0.29) is 5.91 Å². The fourth-order valence-electron chi connectivity index (χ4n) is 3.79. The SMILES string of the molecule is Cc1cc(Nc2ccc(NC(=O)c3cccc(Nc4cc(-c5ccccc5)nc(C)n4)c3)cc2)ncn1. The number of nitrogens with one attached hydrogen (secondary N) is 3. The Morgan fingerprint density at radius 2 is 1.43 bits per heavy atom. The van der Waals surface area contributed by atoms with Crippen molar-refractivity contribution in [3.8, 4) is 11.3 Å². The van der Waals surface area contributed by atoms with Gasteiger partial charge in [0, 0.05) is 46.0 Å². The summed E-state index contributed by atoms with van der Waals surface area (Å²) in [5.74, 6) is 1.82. The molecule has 0 radical (unpaired) electrons. The molecule has 3 aromatic carbocycles. The highest BCUT2D eigenvalue weighted by atomic mass is 16.1. The summed E-state index contributed by atoms with van der Waals surface area (Å²) < 4.78 is 0. The average molecular weight is 488 g/mol. The van der Waals surface area contributed by atoms with Crippen molar-refractivity contribution < 1.29 is 4.79 Å². The monoisotopic (exact) mass is 487 g/mol. The minimum Gasteiger partial charge on any atom is -0.340 e. The summed E-state index contributed by atoms with van der Waals surface area (Å²) >= 11 is 0. The lowest BCUT2D eigenvalue weighted by Gasteiger charge is -2.11. The number of rotatable bonds is 7. The number of aromatic nitrogens is 4. The Bertz CT molecular complexity index is 1540. The van der Waals surface area contributed by atoms with Crippen molar-refractivity contribution in [2.75, 3.05) is 16.0 Å². The first-order valence-electron chi connectivity index (χ1n) is 11.8. The maximum absolute atomic E-state index is 12.9. The van der Waals surface area contributed by atoms with E-state index in [0.29, 0.717) is 28.7 Å². The molecular formula is C29H25N7O. The van der Waals surface area contributed by atoms with Gasteiger partial charge in [-0.05, 0) is 56.3 Å². The second-order valence-electron chi connectivity index (χ2n) is 8.46. The second kappa shape index (κ2) is 10.7. The number of aryl methyl sites for hydroxylation is 2. The number of amides is 1. The maximum Gasteiger partial charge on any atom is 0.255 e. The van der Waals surface area contributed by atoms with Crippen molar-refractivity contribution in [1.82, 2.24) is 19.9 Å². The number of anilines is 5. The lowest BCUT2D eigenvalue weighted by Crippen LogP contribution is -2.12. The van der Waals surface area contributed by atoms with Crippen LogP contribution in [0.25, 0.3) is 11.3 Å². The fourth-order valence-corrected chi connectivity index (χ4v) is 3.79. The van der Waals surface area contributed by atoms with Crippen LogP contribution in [0.1, 0.15) is 21.9 Å². The Morgan fingerprint density at radius 1 is 0.676 bits per heavy atom. The number of hydrogen-bond donors (Lipinski definition) is 3. The minimum absolute atomic E-state index is 0.209. The summed E-state index contributed by atoms with van der Waals surface area (Å²) in [6, 6.07) is 28.4. The molecule has 0 saturated heterocycles. The first-order valence-corrected chi connectivity index (χ1v) is 11.8. The van der Waals surface area contributed by atoms with Crippen LogP contribution < -0.4 is 16.0 Å². The molecule has 37 heavy (non-hydrogen) atoms. The smallest absolute Gasteiger partial charge is 0.255 e. The first kappa shape index (κ1) is 23.6. The fraction of sp³-hybridized carbons (Fsp3) is 0.0690. The molecule has 8 nitrogen and oxygen atoms in total. The number of benzene rings is 3. The van der Waals surface area contributed by atoms with Gasteiger partial charge in [0.2, 0.25) is 0 Å². The summed E-state index contributed by atoms with van der Waals surface area (Å²) in [4.78, 5) is 30.3. The van der Waals surface area contributed by atoms with Crippen molar-refractivity contribution >= 4 is 34.6 Å². The molecule has 2 heterocycles. The summed E-state index contributed by atoms with van der Waals surface area (Å²) in [6.07, 6.45) is 1.52. The summed E-state index contributed by atoms with van der Waals surface area (Å²) in [5, 5.41) is 9.47. The third kappa shape index (κ3) is 6.12. The zero-order valence-electron chi connectivity index (χ0n) is 20.4. The highest BCUT2D eigenvalue weighted by Crippen LogP contribution is 2.23. The third-order valence-electron chi connectivity index (χ3n) is 5.52. The van der Waals surface area contributed by atoms with E-state index in [0.717, 1.165) is 28.3 Å². The van der Waals surface area contributed by atoms with E-state index in [1.54, 1.807) is 12.1 Å². The van der Waals surface area contributed by atoms with Gasteiger partial charge in [-0.2, -0.15) is 0 Å². The maximum atomic E-state index is 12.9. The first-order chi connectivity index (χ1) is 18.0. The van der Waals surface area contributed by atoms with Gasteiger partial charge in [0.05, 0.1) is 5.69 Å². The van der Waals surface area contributed by atoms with Gasteiger partial charge in [0.1, 0.15) is 23.8 Å². The van der Waals surface area contributed by atoms with E-state index in [4.69, 9.17) is 0 Å². The molecule has 0 spiro atoms. The summed E-state index contributed by atoms with van der Waals surface area (Å²) in [6.45, 7) is 3.77. The van der Waals surface area contributed by atoms with E-state index >= 15 is 0 Å². The van der Waals surface area contributed by atoms with Crippen LogP contribution in [-0.2, 0) is 0 Å². The Hall–Kier alpha value is -5.11. The van der Waals surface area contributed by atoms with Crippen LogP contribution in [0.2, 0.25) is 0 Å². The zero-order valence-corrected chi connectivity index (χ0v) is 20.4. The van der Waals surface area contributed by atoms with Crippen LogP contribution >= 0.6 is 0 Å². The molecule has 0 aliphatic carbocycles. The van der Waals surface area contributed by atoms with Gasteiger partial charge in [-0.25, -0.2) is 19.9 Å². The van der Waals surface area contributed by atoms with Crippen LogP contribution in [0.15, 0.2) is 97.3 Å². The molecule has 5 aromatic rings. The van der Waals surface area contributed by atoms with Crippen molar-refractivity contribution in [2.24, 2.45) is 0 Å². The lowest BCUT2D eigenvalue weighted by molar-refractivity contribution is 0.102. The van der Waals surface area contributed by atoms with Crippen LogP contribution in [0, 0.1) is 13.8 Å². The van der Waals surface area contributed by atoms with Crippen LogP contribution in [-0.4, -0.2) is 25.8 Å². The normalized spacial score (nSPS) is 10.5. The predicted octanol–water partition coefficient (Wildman–Crippen LogP) is 6.29. The number of hydrogen-bond acceptors (Lipinski definition) is 7. The molecular weight excluding hydrogens is 462 g/mol. The lowest BCUT2D eigenvalue weighted by atomic mass is 10.1. The molecule has 0 aliphatic rings. The molecule has 1 amide bonds. The van der Waals surface area contributed by atoms with E-state index < -0.39 is 0 Å². The zero-order chi connectivity index (χ0) is 25.6. The molecule has 8 heteroatoms. The van der Waals surface area contributed by atoms with Gasteiger partial charge in [0.25, 0.3) is 5.91 Å². The molecule has 0 bridgehead atoms. The van der Waals surface area contributed by atoms with Gasteiger partial charge in [-0.3, -0.25) is 4.79 Å². The van der Waals surface area contributed by atoms with Gasteiger partial charge in [-0.1, -0.05) is 36.4 Å².